The molecule has 1 aromatic carbocycles. The van der Waals surface area contributed by atoms with Gasteiger partial charge in [-0.3, -0.25) is 4.79 Å². The second-order valence-corrected chi connectivity index (χ2v) is 5.74. The summed E-state index contributed by atoms with van der Waals surface area (Å²) in [6, 6.07) is 4.28. The van der Waals surface area contributed by atoms with Gasteiger partial charge < -0.3 is 15.2 Å². The summed E-state index contributed by atoms with van der Waals surface area (Å²) >= 11 is 0. The molecule has 5 nitrogen and oxygen atoms in total. The van der Waals surface area contributed by atoms with E-state index in [9.17, 15) is 14.7 Å². The van der Waals surface area contributed by atoms with Crippen LogP contribution in [0.3, 0.4) is 0 Å². The lowest BCUT2D eigenvalue weighted by Gasteiger charge is -2.16. The Bertz CT molecular complexity index is 539. The van der Waals surface area contributed by atoms with Gasteiger partial charge in [0.1, 0.15) is 5.75 Å². The van der Waals surface area contributed by atoms with Gasteiger partial charge in [-0.1, -0.05) is 19.9 Å². The first kappa shape index (κ1) is 15.4. The first-order valence-electron chi connectivity index (χ1n) is 7.25. The van der Waals surface area contributed by atoms with Crippen LogP contribution in [0.25, 0.3) is 0 Å². The lowest BCUT2D eigenvalue weighted by Crippen LogP contribution is -2.33. The van der Waals surface area contributed by atoms with Crippen molar-refractivity contribution < 1.29 is 19.4 Å². The SMILES string of the molecule is CC(C)CCC(=O)NC(C(=O)O)c1ccc2c(c1)CCO2. The van der Waals surface area contributed by atoms with Crippen molar-refractivity contribution in [2.45, 2.75) is 39.2 Å². The lowest BCUT2D eigenvalue weighted by molar-refractivity contribution is -0.142. The highest BCUT2D eigenvalue weighted by Crippen LogP contribution is 2.28. The van der Waals surface area contributed by atoms with Gasteiger partial charge in [0.15, 0.2) is 6.04 Å². The molecule has 5 heteroatoms. The predicted octanol–water partition coefficient (Wildman–Crippen LogP) is 2.30. The number of carboxylic acid groups (broad SMARTS) is 1. The molecule has 2 N–H and O–H groups in total. The quantitative estimate of drug-likeness (QED) is 0.843. The number of nitrogens with one attached hydrogen (secondary N) is 1. The van der Waals surface area contributed by atoms with Gasteiger partial charge in [-0.05, 0) is 35.6 Å². The molecule has 0 radical (unpaired) electrons. The maximum absolute atomic E-state index is 11.9. The number of carboxylic acids is 1. The number of aliphatic carboxylic acids is 1. The van der Waals surface area contributed by atoms with Crippen LogP contribution < -0.4 is 10.1 Å². The Balaban J connectivity index is 2.08. The Kier molecular flexibility index (Phi) is 4.83. The Morgan fingerprint density at radius 2 is 2.14 bits per heavy atom. The van der Waals surface area contributed by atoms with Gasteiger partial charge in [-0.25, -0.2) is 4.79 Å². The average Bonchev–Trinajstić information content (AvgIpc) is 2.89. The molecule has 0 bridgehead atoms. The highest BCUT2D eigenvalue weighted by molar-refractivity contribution is 5.84. The van der Waals surface area contributed by atoms with Crippen LogP contribution in [0, 0.1) is 5.92 Å². The molecule has 1 heterocycles. The van der Waals surface area contributed by atoms with Crippen molar-refractivity contribution in [2.75, 3.05) is 6.61 Å². The van der Waals surface area contributed by atoms with Gasteiger partial charge in [0.25, 0.3) is 0 Å². The Hall–Kier alpha value is -2.04. The first-order valence-corrected chi connectivity index (χ1v) is 7.25. The molecule has 1 amide bonds. The summed E-state index contributed by atoms with van der Waals surface area (Å²) in [5.74, 6) is -0.0650. The van der Waals surface area contributed by atoms with E-state index in [2.05, 4.69) is 5.32 Å². The van der Waals surface area contributed by atoms with Crippen molar-refractivity contribution in [1.29, 1.82) is 0 Å². The average molecular weight is 291 g/mol. The molecule has 1 aliphatic rings. The summed E-state index contributed by atoms with van der Waals surface area (Å²) in [6.07, 6.45) is 1.86. The van der Waals surface area contributed by atoms with Gasteiger partial charge in [0.2, 0.25) is 5.91 Å². The van der Waals surface area contributed by atoms with E-state index in [4.69, 9.17) is 4.74 Å². The third kappa shape index (κ3) is 3.97. The molecule has 21 heavy (non-hydrogen) atoms. The number of hydrogen-bond acceptors (Lipinski definition) is 3. The van der Waals surface area contributed by atoms with E-state index in [0.29, 0.717) is 24.5 Å². The predicted molar refractivity (Wildman–Crippen MR) is 78.2 cm³/mol. The number of benzene rings is 1. The van der Waals surface area contributed by atoms with E-state index in [1.807, 2.05) is 19.9 Å². The zero-order chi connectivity index (χ0) is 15.4. The maximum atomic E-state index is 11.9. The Labute approximate surface area is 124 Å². The molecule has 0 aliphatic carbocycles. The molecule has 0 fully saturated rings. The van der Waals surface area contributed by atoms with Crippen molar-refractivity contribution in [3.63, 3.8) is 0 Å². The van der Waals surface area contributed by atoms with E-state index in [-0.39, 0.29) is 5.91 Å². The molecule has 114 valence electrons. The van der Waals surface area contributed by atoms with Crippen LogP contribution in [-0.2, 0) is 16.0 Å². The highest BCUT2D eigenvalue weighted by atomic mass is 16.5. The number of hydrogen-bond donors (Lipinski definition) is 2. The molecule has 0 saturated heterocycles. The van der Waals surface area contributed by atoms with Crippen LogP contribution in [0.1, 0.15) is 43.9 Å². The minimum Gasteiger partial charge on any atom is -0.493 e. The maximum Gasteiger partial charge on any atom is 0.330 e. The number of amides is 1. The zero-order valence-corrected chi connectivity index (χ0v) is 12.4. The molecule has 1 aromatic rings. The summed E-state index contributed by atoms with van der Waals surface area (Å²) in [6.45, 7) is 4.68. The molecule has 0 aromatic heterocycles. The van der Waals surface area contributed by atoms with E-state index < -0.39 is 12.0 Å². The number of fused-ring (bicyclic) bond motifs is 1. The van der Waals surface area contributed by atoms with Crippen molar-refractivity contribution in [3.05, 3.63) is 29.3 Å². The molecule has 0 spiro atoms. The van der Waals surface area contributed by atoms with E-state index in [0.717, 1.165) is 24.2 Å². The Morgan fingerprint density at radius 3 is 2.81 bits per heavy atom. The molecule has 1 atom stereocenters. The lowest BCUT2D eigenvalue weighted by atomic mass is 10.0. The monoisotopic (exact) mass is 291 g/mol. The third-order valence-electron chi connectivity index (χ3n) is 3.55. The zero-order valence-electron chi connectivity index (χ0n) is 12.4. The fraction of sp³-hybridized carbons (Fsp3) is 0.500. The molecule has 1 unspecified atom stereocenters. The topological polar surface area (TPSA) is 75.6 Å². The largest absolute Gasteiger partial charge is 0.493 e. The number of ether oxygens (including phenoxy) is 1. The van der Waals surface area contributed by atoms with E-state index in [1.165, 1.54) is 0 Å². The number of rotatable bonds is 6. The number of carbonyl (C=O) groups excluding carboxylic acids is 1. The van der Waals surface area contributed by atoms with E-state index >= 15 is 0 Å². The third-order valence-corrected chi connectivity index (χ3v) is 3.55. The summed E-state index contributed by atoms with van der Waals surface area (Å²) in [7, 11) is 0. The van der Waals surface area contributed by atoms with Crippen LogP contribution in [0.5, 0.6) is 5.75 Å². The molecular weight excluding hydrogens is 270 g/mol. The summed E-state index contributed by atoms with van der Waals surface area (Å²) in [4.78, 5) is 23.3. The standard InChI is InChI=1S/C16H21NO4/c1-10(2)3-6-14(18)17-15(16(19)20)12-4-5-13-11(9-12)7-8-21-13/h4-5,9-10,15H,3,6-8H2,1-2H3,(H,17,18)(H,19,20). The molecule has 1 aliphatic heterocycles. The summed E-state index contributed by atoms with van der Waals surface area (Å²) in [5.41, 5.74) is 1.58. The minimum absolute atomic E-state index is 0.229. The van der Waals surface area contributed by atoms with Crippen molar-refractivity contribution >= 4 is 11.9 Å². The van der Waals surface area contributed by atoms with Crippen LogP contribution in [0.15, 0.2) is 18.2 Å². The molecular formula is C16H21NO4. The summed E-state index contributed by atoms with van der Waals surface area (Å²) < 4.78 is 5.40. The van der Waals surface area contributed by atoms with Crippen LogP contribution >= 0.6 is 0 Å². The second-order valence-electron chi connectivity index (χ2n) is 5.74. The highest BCUT2D eigenvalue weighted by Gasteiger charge is 2.24. The fourth-order valence-electron chi connectivity index (χ4n) is 2.33. The van der Waals surface area contributed by atoms with Crippen molar-refractivity contribution in [3.8, 4) is 5.75 Å². The van der Waals surface area contributed by atoms with Crippen LogP contribution in [-0.4, -0.2) is 23.6 Å². The summed E-state index contributed by atoms with van der Waals surface area (Å²) in [5, 5.41) is 12.0. The van der Waals surface area contributed by atoms with Gasteiger partial charge >= 0.3 is 5.97 Å². The number of carbonyl (C=O) groups is 2. The van der Waals surface area contributed by atoms with Crippen molar-refractivity contribution in [2.24, 2.45) is 5.92 Å². The second kappa shape index (κ2) is 6.61. The van der Waals surface area contributed by atoms with Gasteiger partial charge in [0.05, 0.1) is 6.61 Å². The fourth-order valence-corrected chi connectivity index (χ4v) is 2.33. The Morgan fingerprint density at radius 1 is 1.38 bits per heavy atom. The molecule has 2 rings (SSSR count). The normalized spacial score (nSPS) is 14.4. The van der Waals surface area contributed by atoms with E-state index in [1.54, 1.807) is 12.1 Å². The first-order chi connectivity index (χ1) is 9.97. The molecule has 0 saturated carbocycles. The van der Waals surface area contributed by atoms with Crippen molar-refractivity contribution in [1.82, 2.24) is 5.32 Å². The van der Waals surface area contributed by atoms with Gasteiger partial charge in [0, 0.05) is 12.8 Å². The van der Waals surface area contributed by atoms with Gasteiger partial charge in [-0.2, -0.15) is 0 Å². The van der Waals surface area contributed by atoms with Gasteiger partial charge in [-0.15, -0.1) is 0 Å². The van der Waals surface area contributed by atoms with Crippen LogP contribution in [0.4, 0.5) is 0 Å². The minimum atomic E-state index is -1.05. The van der Waals surface area contributed by atoms with Crippen LogP contribution in [0.2, 0.25) is 0 Å². The smallest absolute Gasteiger partial charge is 0.330 e.